The fourth-order valence-electron chi connectivity index (χ4n) is 3.90. The van der Waals surface area contributed by atoms with Gasteiger partial charge >= 0.3 is 0 Å². The maximum absolute atomic E-state index is 10.7. The summed E-state index contributed by atoms with van der Waals surface area (Å²) in [5.74, 6) is 0.554. The number of rotatable bonds is 10. The SMILES string of the molecule is CCC/C(C)=C/CC/C(C)=C/CC/C(C)=C/Cc1c(C)c(O)c2ccccc2c1O. The van der Waals surface area contributed by atoms with Gasteiger partial charge in [0, 0.05) is 16.3 Å². The molecule has 0 fully saturated rings. The summed E-state index contributed by atoms with van der Waals surface area (Å²) in [6, 6.07) is 7.47. The Morgan fingerprint density at radius 1 is 0.767 bits per heavy atom. The van der Waals surface area contributed by atoms with Crippen LogP contribution in [-0.4, -0.2) is 10.2 Å². The van der Waals surface area contributed by atoms with Crippen LogP contribution in [0, 0.1) is 6.92 Å². The topological polar surface area (TPSA) is 40.5 Å². The zero-order valence-corrected chi connectivity index (χ0v) is 19.4. The molecule has 0 bridgehead atoms. The average molecular weight is 407 g/mol. The predicted molar refractivity (Wildman–Crippen MR) is 130 cm³/mol. The second-order valence-corrected chi connectivity index (χ2v) is 8.53. The van der Waals surface area contributed by atoms with Gasteiger partial charge in [-0.1, -0.05) is 72.6 Å². The van der Waals surface area contributed by atoms with E-state index >= 15 is 0 Å². The highest BCUT2D eigenvalue weighted by Crippen LogP contribution is 2.39. The normalized spacial score (nSPS) is 13.3. The van der Waals surface area contributed by atoms with E-state index in [0.717, 1.165) is 36.8 Å². The van der Waals surface area contributed by atoms with Crippen molar-refractivity contribution >= 4 is 10.8 Å². The van der Waals surface area contributed by atoms with Gasteiger partial charge in [-0.2, -0.15) is 0 Å². The van der Waals surface area contributed by atoms with Crippen molar-refractivity contribution < 1.29 is 10.2 Å². The molecule has 0 saturated carbocycles. The molecule has 30 heavy (non-hydrogen) atoms. The van der Waals surface area contributed by atoms with Crippen molar-refractivity contribution in [3.8, 4) is 11.5 Å². The van der Waals surface area contributed by atoms with Gasteiger partial charge in [0.1, 0.15) is 11.5 Å². The molecule has 0 atom stereocenters. The van der Waals surface area contributed by atoms with Gasteiger partial charge < -0.3 is 10.2 Å². The standard InChI is InChI=1S/C28H38O2/c1-6-11-20(2)12-9-13-21(3)14-10-15-22(4)18-19-24-23(5)27(29)25-16-7-8-17-26(25)28(24)30/h7-8,12,14,16-18,29-30H,6,9-11,13,15,19H2,1-5H3/b20-12+,21-14+,22-18+. The van der Waals surface area contributed by atoms with Crippen molar-refractivity contribution in [2.75, 3.05) is 0 Å². The molecule has 0 aliphatic rings. The lowest BCUT2D eigenvalue weighted by Crippen LogP contribution is -1.92. The second-order valence-electron chi connectivity index (χ2n) is 8.53. The van der Waals surface area contributed by atoms with Gasteiger partial charge in [0.2, 0.25) is 0 Å². The number of benzene rings is 2. The Labute approximate surface area is 182 Å². The van der Waals surface area contributed by atoms with Gasteiger partial charge in [-0.25, -0.2) is 0 Å². The number of phenols is 2. The number of fused-ring (bicyclic) bond motifs is 1. The highest BCUT2D eigenvalue weighted by atomic mass is 16.3. The van der Waals surface area contributed by atoms with E-state index in [1.54, 1.807) is 0 Å². The molecule has 2 N–H and O–H groups in total. The average Bonchev–Trinajstić information content (AvgIpc) is 2.72. The van der Waals surface area contributed by atoms with Crippen LogP contribution in [0.5, 0.6) is 11.5 Å². The third-order valence-corrected chi connectivity index (χ3v) is 5.89. The van der Waals surface area contributed by atoms with E-state index < -0.39 is 0 Å². The fraction of sp³-hybridized carbons (Fsp3) is 0.429. The first-order valence-electron chi connectivity index (χ1n) is 11.2. The van der Waals surface area contributed by atoms with Crippen LogP contribution in [0.15, 0.2) is 59.2 Å². The molecule has 2 aromatic carbocycles. The molecule has 2 aromatic rings. The van der Waals surface area contributed by atoms with Gasteiger partial charge in [0.05, 0.1) is 0 Å². The molecular formula is C28H38O2. The van der Waals surface area contributed by atoms with Gasteiger partial charge in [0.25, 0.3) is 0 Å². The number of hydrogen-bond acceptors (Lipinski definition) is 2. The molecule has 0 saturated heterocycles. The van der Waals surface area contributed by atoms with E-state index in [1.165, 1.54) is 29.6 Å². The lowest BCUT2D eigenvalue weighted by Gasteiger charge is -2.13. The van der Waals surface area contributed by atoms with E-state index in [9.17, 15) is 10.2 Å². The smallest absolute Gasteiger partial charge is 0.127 e. The molecule has 0 unspecified atom stereocenters. The summed E-state index contributed by atoms with van der Waals surface area (Å²) in [7, 11) is 0. The molecule has 162 valence electrons. The van der Waals surface area contributed by atoms with E-state index in [4.69, 9.17) is 0 Å². The van der Waals surface area contributed by atoms with Crippen LogP contribution in [0.4, 0.5) is 0 Å². The maximum atomic E-state index is 10.7. The lowest BCUT2D eigenvalue weighted by molar-refractivity contribution is 0.461. The Bertz CT molecular complexity index is 945. The van der Waals surface area contributed by atoms with Crippen molar-refractivity contribution in [2.24, 2.45) is 0 Å². The number of phenolic OH excluding ortho intramolecular Hbond substituents is 2. The summed E-state index contributed by atoms with van der Waals surface area (Å²) in [6.07, 6.45) is 14.3. The van der Waals surface area contributed by atoms with Gasteiger partial charge in [-0.3, -0.25) is 0 Å². The van der Waals surface area contributed by atoms with Crippen molar-refractivity contribution in [2.45, 2.75) is 79.6 Å². The van der Waals surface area contributed by atoms with Gasteiger partial charge in [0.15, 0.2) is 0 Å². The van der Waals surface area contributed by atoms with Crippen LogP contribution in [0.1, 0.15) is 77.3 Å². The third kappa shape index (κ3) is 6.52. The van der Waals surface area contributed by atoms with Crippen LogP contribution in [0.25, 0.3) is 10.8 Å². The molecule has 0 aromatic heterocycles. The zero-order chi connectivity index (χ0) is 22.1. The molecule has 0 amide bonds. The van der Waals surface area contributed by atoms with Gasteiger partial charge in [-0.15, -0.1) is 0 Å². The molecule has 0 aliphatic carbocycles. The highest BCUT2D eigenvalue weighted by molar-refractivity contribution is 5.95. The van der Waals surface area contributed by atoms with Crippen molar-refractivity contribution in [3.05, 3.63) is 70.3 Å². The van der Waals surface area contributed by atoms with Crippen LogP contribution in [-0.2, 0) is 6.42 Å². The summed E-state index contributed by atoms with van der Waals surface area (Å²) in [6.45, 7) is 10.7. The summed E-state index contributed by atoms with van der Waals surface area (Å²) in [5.41, 5.74) is 5.84. The Balaban J connectivity index is 1.95. The first kappa shape index (κ1) is 23.8. The predicted octanol–water partition coefficient (Wildman–Crippen LogP) is 8.30. The number of aromatic hydroxyl groups is 2. The van der Waals surface area contributed by atoms with Crippen molar-refractivity contribution in [1.29, 1.82) is 0 Å². The minimum atomic E-state index is 0.270. The van der Waals surface area contributed by atoms with E-state index in [1.807, 2.05) is 31.2 Å². The minimum Gasteiger partial charge on any atom is -0.507 e. The third-order valence-electron chi connectivity index (χ3n) is 5.89. The first-order chi connectivity index (χ1) is 14.3. The summed E-state index contributed by atoms with van der Waals surface area (Å²) >= 11 is 0. The Hall–Kier alpha value is -2.48. The fourth-order valence-corrected chi connectivity index (χ4v) is 3.90. The van der Waals surface area contributed by atoms with E-state index in [-0.39, 0.29) is 11.5 Å². The Morgan fingerprint density at radius 2 is 1.27 bits per heavy atom. The monoisotopic (exact) mass is 406 g/mol. The molecule has 2 nitrogen and oxygen atoms in total. The molecule has 0 heterocycles. The van der Waals surface area contributed by atoms with Gasteiger partial charge in [-0.05, 0) is 71.8 Å². The molecular weight excluding hydrogens is 368 g/mol. The largest absolute Gasteiger partial charge is 0.507 e. The summed E-state index contributed by atoms with van der Waals surface area (Å²) in [5, 5.41) is 22.7. The highest BCUT2D eigenvalue weighted by Gasteiger charge is 2.14. The van der Waals surface area contributed by atoms with E-state index in [0.29, 0.717) is 17.2 Å². The second kappa shape index (κ2) is 11.6. The van der Waals surface area contributed by atoms with Crippen molar-refractivity contribution in [1.82, 2.24) is 0 Å². The molecule has 0 aliphatic heterocycles. The molecule has 0 spiro atoms. The van der Waals surface area contributed by atoms with Crippen LogP contribution in [0.3, 0.4) is 0 Å². The Morgan fingerprint density at radius 3 is 1.83 bits per heavy atom. The number of hydrogen-bond donors (Lipinski definition) is 2. The molecule has 2 heteroatoms. The van der Waals surface area contributed by atoms with Crippen LogP contribution >= 0.6 is 0 Å². The molecule has 2 rings (SSSR count). The number of allylic oxidation sites excluding steroid dienone is 6. The first-order valence-corrected chi connectivity index (χ1v) is 11.2. The van der Waals surface area contributed by atoms with Crippen molar-refractivity contribution in [3.63, 3.8) is 0 Å². The molecule has 0 radical (unpaired) electrons. The summed E-state index contributed by atoms with van der Waals surface area (Å²) in [4.78, 5) is 0. The quantitative estimate of drug-likeness (QED) is 0.308. The minimum absolute atomic E-state index is 0.270. The van der Waals surface area contributed by atoms with Crippen LogP contribution in [0.2, 0.25) is 0 Å². The van der Waals surface area contributed by atoms with E-state index in [2.05, 4.69) is 45.9 Å². The zero-order valence-electron chi connectivity index (χ0n) is 19.4. The van der Waals surface area contributed by atoms with Crippen LogP contribution < -0.4 is 0 Å². The lowest BCUT2D eigenvalue weighted by atomic mass is 9.95. The summed E-state index contributed by atoms with van der Waals surface area (Å²) < 4.78 is 0. The Kier molecular flexibility index (Phi) is 9.23. The maximum Gasteiger partial charge on any atom is 0.127 e.